The first-order valence-electron chi connectivity index (χ1n) is 11.5. The van der Waals surface area contributed by atoms with Crippen LogP contribution in [-0.4, -0.2) is 40.6 Å². The summed E-state index contributed by atoms with van der Waals surface area (Å²) in [4.78, 5) is 28.1. The van der Waals surface area contributed by atoms with Crippen LogP contribution < -0.4 is 4.74 Å². The summed E-state index contributed by atoms with van der Waals surface area (Å²) < 4.78 is 6.65. The number of para-hydroxylation sites is 1. The number of hydrogen-bond acceptors (Lipinski definition) is 5. The molecular weight excluding hydrogens is 424 g/mol. The number of aromatic nitrogens is 2. The largest absolute Gasteiger partial charge is 0.483 e. The van der Waals surface area contributed by atoms with Crippen molar-refractivity contribution in [3.8, 4) is 5.75 Å². The van der Waals surface area contributed by atoms with Crippen molar-refractivity contribution < 1.29 is 9.53 Å². The Hall–Kier alpha value is -4.06. The predicted octanol–water partition coefficient (Wildman–Crippen LogP) is 5.16. The Kier molecular flexibility index (Phi) is 6.29. The van der Waals surface area contributed by atoms with Crippen LogP contribution >= 0.6 is 0 Å². The number of likely N-dealkylation sites (tertiary alicyclic amines) is 1. The highest BCUT2D eigenvalue weighted by molar-refractivity contribution is 5.84. The van der Waals surface area contributed by atoms with Crippen LogP contribution in [0, 0.1) is 0 Å². The highest BCUT2D eigenvalue weighted by Crippen LogP contribution is 2.41. The topological polar surface area (TPSA) is 67.7 Å². The molecule has 34 heavy (non-hydrogen) atoms. The zero-order chi connectivity index (χ0) is 23.3. The van der Waals surface area contributed by atoms with Crippen molar-refractivity contribution in [2.24, 2.45) is 4.99 Å². The number of carbonyl (C=O) groups is 1. The first-order chi connectivity index (χ1) is 16.7. The van der Waals surface area contributed by atoms with E-state index >= 15 is 0 Å². The third-order valence-corrected chi connectivity index (χ3v) is 6.15. The van der Waals surface area contributed by atoms with E-state index < -0.39 is 6.10 Å². The molecule has 170 valence electrons. The van der Waals surface area contributed by atoms with E-state index in [2.05, 4.69) is 21.0 Å². The van der Waals surface area contributed by atoms with Gasteiger partial charge in [0.25, 0.3) is 0 Å². The Morgan fingerprint density at radius 2 is 1.85 bits per heavy atom. The molecule has 2 aromatic carbocycles. The van der Waals surface area contributed by atoms with Gasteiger partial charge in [-0.05, 0) is 48.4 Å². The second kappa shape index (κ2) is 9.83. The van der Waals surface area contributed by atoms with Crippen molar-refractivity contribution in [3.63, 3.8) is 0 Å². The number of pyridine rings is 2. The van der Waals surface area contributed by atoms with E-state index in [0.717, 1.165) is 34.0 Å². The second-order valence-corrected chi connectivity index (χ2v) is 8.34. The third-order valence-electron chi connectivity index (χ3n) is 6.15. The van der Waals surface area contributed by atoms with Crippen molar-refractivity contribution in [1.82, 2.24) is 14.9 Å². The lowest BCUT2D eigenvalue weighted by atomic mass is 9.93. The smallest absolute Gasteiger partial charge is 0.223 e. The zero-order valence-corrected chi connectivity index (χ0v) is 19.0. The summed E-state index contributed by atoms with van der Waals surface area (Å²) in [5, 5.41) is 1.03. The van der Waals surface area contributed by atoms with E-state index in [1.165, 1.54) is 0 Å². The first-order valence-corrected chi connectivity index (χ1v) is 11.5. The number of nitrogens with zero attached hydrogens (tertiary/aromatic N) is 4. The summed E-state index contributed by atoms with van der Waals surface area (Å²) in [6.07, 6.45) is 8.06. The summed E-state index contributed by atoms with van der Waals surface area (Å²) in [6, 6.07) is 21.5. The molecule has 0 saturated carbocycles. The van der Waals surface area contributed by atoms with Crippen molar-refractivity contribution in [2.75, 3.05) is 13.6 Å². The molecule has 5 rings (SSSR count). The Morgan fingerprint density at radius 3 is 2.59 bits per heavy atom. The SMILES string of the molecule is CN=Cc1ccc(O[C@@H](c2cccnc2)C(c2cccc3cccnc23)N2CCCC2=O)cc1. The van der Waals surface area contributed by atoms with Crippen LogP contribution in [0.15, 0.2) is 90.3 Å². The van der Waals surface area contributed by atoms with Gasteiger partial charge in [-0.15, -0.1) is 0 Å². The van der Waals surface area contributed by atoms with Gasteiger partial charge in [0.2, 0.25) is 5.91 Å². The molecule has 0 aliphatic carbocycles. The van der Waals surface area contributed by atoms with Gasteiger partial charge in [0, 0.05) is 61.3 Å². The Balaban J connectivity index is 1.65. The van der Waals surface area contributed by atoms with Crippen LogP contribution in [0.1, 0.15) is 41.7 Å². The molecule has 1 fully saturated rings. The average Bonchev–Trinajstić information content (AvgIpc) is 3.31. The lowest BCUT2D eigenvalue weighted by molar-refractivity contribution is -0.131. The number of amides is 1. The molecule has 0 radical (unpaired) electrons. The summed E-state index contributed by atoms with van der Waals surface area (Å²) >= 11 is 0. The fourth-order valence-electron chi connectivity index (χ4n) is 4.61. The van der Waals surface area contributed by atoms with Crippen molar-refractivity contribution in [2.45, 2.75) is 25.0 Å². The second-order valence-electron chi connectivity index (χ2n) is 8.34. The van der Waals surface area contributed by atoms with E-state index in [0.29, 0.717) is 18.7 Å². The van der Waals surface area contributed by atoms with Gasteiger partial charge in [-0.2, -0.15) is 0 Å². The van der Waals surface area contributed by atoms with Crippen LogP contribution in [0.4, 0.5) is 0 Å². The van der Waals surface area contributed by atoms with E-state index in [1.807, 2.05) is 71.8 Å². The van der Waals surface area contributed by atoms with Gasteiger partial charge in [0.15, 0.2) is 0 Å². The monoisotopic (exact) mass is 450 g/mol. The fourth-order valence-corrected chi connectivity index (χ4v) is 4.61. The minimum atomic E-state index is -0.464. The highest BCUT2D eigenvalue weighted by Gasteiger charge is 2.38. The maximum absolute atomic E-state index is 13.0. The Bertz CT molecular complexity index is 1300. The molecule has 6 nitrogen and oxygen atoms in total. The van der Waals surface area contributed by atoms with Crippen LogP contribution in [-0.2, 0) is 4.79 Å². The van der Waals surface area contributed by atoms with Crippen LogP contribution in [0.25, 0.3) is 10.9 Å². The molecule has 0 bridgehead atoms. The number of hydrogen-bond donors (Lipinski definition) is 0. The Morgan fingerprint density at radius 1 is 1.03 bits per heavy atom. The molecule has 3 heterocycles. The van der Waals surface area contributed by atoms with Crippen LogP contribution in [0.3, 0.4) is 0 Å². The predicted molar refractivity (Wildman–Crippen MR) is 133 cm³/mol. The number of aliphatic imine (C=N–C) groups is 1. The minimum absolute atomic E-state index is 0.130. The van der Waals surface area contributed by atoms with Gasteiger partial charge < -0.3 is 9.64 Å². The van der Waals surface area contributed by atoms with E-state index in [9.17, 15) is 4.79 Å². The maximum Gasteiger partial charge on any atom is 0.223 e. The van der Waals surface area contributed by atoms with Gasteiger partial charge in [-0.1, -0.05) is 30.3 Å². The van der Waals surface area contributed by atoms with E-state index in [-0.39, 0.29) is 11.9 Å². The molecule has 2 aromatic heterocycles. The van der Waals surface area contributed by atoms with Gasteiger partial charge >= 0.3 is 0 Å². The molecule has 1 unspecified atom stereocenters. The highest BCUT2D eigenvalue weighted by atomic mass is 16.5. The van der Waals surface area contributed by atoms with E-state index in [4.69, 9.17) is 4.74 Å². The molecule has 0 N–H and O–H groups in total. The number of ether oxygens (including phenoxy) is 1. The quantitative estimate of drug-likeness (QED) is 0.365. The summed E-state index contributed by atoms with van der Waals surface area (Å²) in [5.41, 5.74) is 3.75. The first kappa shape index (κ1) is 21.8. The standard InChI is InChI=1S/C28H26N4O2/c1-29-18-20-11-13-23(14-12-20)34-28(22-8-3-15-30-19-22)27(32-17-5-10-25(32)33)24-9-2-6-21-7-4-16-31-26(21)24/h2-4,6-9,11-16,18-19,27-28H,5,10,17H2,1H3/t27?,28-/m0/s1. The maximum atomic E-state index is 13.0. The van der Waals surface area contributed by atoms with Crippen LogP contribution in [0.5, 0.6) is 5.75 Å². The summed E-state index contributed by atoms with van der Waals surface area (Å²) in [5.74, 6) is 0.844. The molecule has 0 spiro atoms. The number of rotatable bonds is 7. The average molecular weight is 451 g/mol. The zero-order valence-electron chi connectivity index (χ0n) is 19.0. The molecule has 4 aromatic rings. The van der Waals surface area contributed by atoms with Crippen molar-refractivity contribution in [1.29, 1.82) is 0 Å². The fraction of sp³-hybridized carbons (Fsp3) is 0.214. The number of benzene rings is 2. The Labute approximate surface area is 199 Å². The molecule has 2 atom stereocenters. The summed E-state index contributed by atoms with van der Waals surface area (Å²) in [6.45, 7) is 0.679. The van der Waals surface area contributed by atoms with Crippen molar-refractivity contribution in [3.05, 3.63) is 102 Å². The normalized spacial score (nSPS) is 15.7. The molecule has 6 heteroatoms. The van der Waals surface area contributed by atoms with Crippen LogP contribution in [0.2, 0.25) is 0 Å². The molecule has 1 saturated heterocycles. The number of fused-ring (bicyclic) bond motifs is 1. The van der Waals surface area contributed by atoms with Gasteiger partial charge in [0.1, 0.15) is 17.9 Å². The minimum Gasteiger partial charge on any atom is -0.483 e. The third kappa shape index (κ3) is 4.39. The van der Waals surface area contributed by atoms with Gasteiger partial charge in [0.05, 0.1) is 5.52 Å². The summed E-state index contributed by atoms with van der Waals surface area (Å²) in [7, 11) is 1.75. The van der Waals surface area contributed by atoms with Gasteiger partial charge in [-0.3, -0.25) is 19.8 Å². The number of carbonyl (C=O) groups excluding carboxylic acids is 1. The lowest BCUT2D eigenvalue weighted by Crippen LogP contribution is -2.36. The lowest BCUT2D eigenvalue weighted by Gasteiger charge is -2.35. The molecule has 1 amide bonds. The molecular formula is C28H26N4O2. The van der Waals surface area contributed by atoms with E-state index in [1.54, 1.807) is 25.7 Å². The van der Waals surface area contributed by atoms with Gasteiger partial charge in [-0.25, -0.2) is 0 Å². The molecule has 1 aliphatic heterocycles. The molecule has 1 aliphatic rings. The van der Waals surface area contributed by atoms with Crippen molar-refractivity contribution >= 4 is 23.0 Å².